The molecule has 0 amide bonds. The zero-order valence-electron chi connectivity index (χ0n) is 13.0. The molecule has 20 heavy (non-hydrogen) atoms. The van der Waals surface area contributed by atoms with Gasteiger partial charge in [0.05, 0.1) is 12.7 Å². The van der Waals surface area contributed by atoms with E-state index in [2.05, 4.69) is 20.4 Å². The van der Waals surface area contributed by atoms with Gasteiger partial charge in [0.2, 0.25) is 0 Å². The molecule has 2 aliphatic carbocycles. The molecule has 0 aliphatic heterocycles. The van der Waals surface area contributed by atoms with Crippen LogP contribution in [0.1, 0.15) is 52.9 Å². The van der Waals surface area contributed by atoms with E-state index in [4.69, 9.17) is 4.74 Å². The van der Waals surface area contributed by atoms with Crippen molar-refractivity contribution in [1.82, 2.24) is 0 Å². The average molecular weight is 280 g/mol. The number of rotatable bonds is 3. The summed E-state index contributed by atoms with van der Waals surface area (Å²) in [5.41, 5.74) is 1.49. The molecule has 0 saturated heterocycles. The Morgan fingerprint density at radius 3 is 2.65 bits per heavy atom. The minimum absolute atomic E-state index is 0.220. The Hall–Kier alpha value is -0.830. The van der Waals surface area contributed by atoms with Gasteiger partial charge in [0.15, 0.2) is 0 Å². The van der Waals surface area contributed by atoms with Crippen molar-refractivity contribution < 1.29 is 14.6 Å². The van der Waals surface area contributed by atoms with Gasteiger partial charge >= 0.3 is 5.97 Å². The lowest BCUT2D eigenvalue weighted by Gasteiger charge is -2.48. The van der Waals surface area contributed by atoms with Gasteiger partial charge in [0.1, 0.15) is 0 Å². The van der Waals surface area contributed by atoms with Crippen LogP contribution in [-0.4, -0.2) is 23.8 Å². The van der Waals surface area contributed by atoms with Crippen LogP contribution in [0.4, 0.5) is 0 Å². The van der Waals surface area contributed by atoms with Crippen LogP contribution in [-0.2, 0) is 9.53 Å². The molecule has 0 aromatic heterocycles. The van der Waals surface area contributed by atoms with Gasteiger partial charge in [0, 0.05) is 12.8 Å². The number of hydrogen-bond donors (Lipinski definition) is 1. The van der Waals surface area contributed by atoms with E-state index in [0.717, 1.165) is 19.3 Å². The molecule has 3 nitrogen and oxygen atoms in total. The molecular formula is C17H28O3. The second kappa shape index (κ2) is 5.88. The minimum atomic E-state index is -0.250. The number of aliphatic hydroxyl groups excluding tert-OH is 1. The van der Waals surface area contributed by atoms with Gasteiger partial charge in [-0.3, -0.25) is 4.79 Å². The number of aliphatic hydroxyl groups is 1. The number of hydrogen-bond acceptors (Lipinski definition) is 3. The maximum absolute atomic E-state index is 11.1. The van der Waals surface area contributed by atoms with E-state index >= 15 is 0 Å². The normalized spacial score (nSPS) is 40.8. The molecule has 2 saturated carbocycles. The van der Waals surface area contributed by atoms with Crippen LogP contribution in [0.3, 0.4) is 0 Å². The fourth-order valence-electron chi connectivity index (χ4n) is 4.50. The SMILES string of the molecule is C=C(C)[C@@H]1CC[C@@]2(C1)[C@@H](COC(C)=O)C[C@@H](O)C[C@H]2C. The molecule has 5 atom stereocenters. The van der Waals surface area contributed by atoms with Gasteiger partial charge in [-0.2, -0.15) is 0 Å². The standard InChI is InChI=1S/C17H28O3/c1-11(2)14-5-6-17(9-14)12(3)7-16(19)8-15(17)10-20-13(4)18/h12,14-16,19H,1,5-10H2,2-4H3/t12-,14-,15-,16+,17+/m1/s1. The molecule has 0 aromatic rings. The predicted molar refractivity (Wildman–Crippen MR) is 79.1 cm³/mol. The van der Waals surface area contributed by atoms with E-state index < -0.39 is 0 Å². The lowest BCUT2D eigenvalue weighted by molar-refractivity contribution is -0.147. The monoisotopic (exact) mass is 280 g/mol. The number of carbonyl (C=O) groups is 1. The quantitative estimate of drug-likeness (QED) is 0.637. The van der Waals surface area contributed by atoms with E-state index in [1.165, 1.54) is 25.3 Å². The maximum Gasteiger partial charge on any atom is 0.302 e. The van der Waals surface area contributed by atoms with Crippen molar-refractivity contribution >= 4 is 5.97 Å². The highest BCUT2D eigenvalue weighted by Crippen LogP contribution is 2.58. The van der Waals surface area contributed by atoms with Gasteiger partial charge in [-0.25, -0.2) is 0 Å². The lowest BCUT2D eigenvalue weighted by Crippen LogP contribution is -2.45. The van der Waals surface area contributed by atoms with Crippen molar-refractivity contribution in [3.8, 4) is 0 Å². The zero-order valence-corrected chi connectivity index (χ0v) is 13.0. The molecule has 2 fully saturated rings. The highest BCUT2D eigenvalue weighted by molar-refractivity contribution is 5.65. The Bertz CT molecular complexity index is 390. The molecule has 1 spiro atoms. The molecule has 0 aromatic carbocycles. The van der Waals surface area contributed by atoms with Gasteiger partial charge in [0.25, 0.3) is 0 Å². The summed E-state index contributed by atoms with van der Waals surface area (Å²) < 4.78 is 5.29. The second-order valence-corrected chi connectivity index (χ2v) is 7.05. The third-order valence-electron chi connectivity index (χ3n) is 5.75. The fraction of sp³-hybridized carbons (Fsp3) is 0.824. The van der Waals surface area contributed by atoms with Crippen LogP contribution in [0, 0.1) is 23.2 Å². The summed E-state index contributed by atoms with van der Waals surface area (Å²) >= 11 is 0. The number of carbonyl (C=O) groups excluding carboxylic acids is 1. The van der Waals surface area contributed by atoms with Gasteiger partial charge < -0.3 is 9.84 Å². The Balaban J connectivity index is 2.16. The predicted octanol–water partition coefficient (Wildman–Crippen LogP) is 3.32. The molecule has 0 heterocycles. The topological polar surface area (TPSA) is 46.5 Å². The Morgan fingerprint density at radius 2 is 2.10 bits per heavy atom. The molecular weight excluding hydrogens is 252 g/mol. The average Bonchev–Trinajstić information content (AvgIpc) is 2.78. The van der Waals surface area contributed by atoms with Gasteiger partial charge in [-0.15, -0.1) is 0 Å². The third kappa shape index (κ3) is 2.93. The summed E-state index contributed by atoms with van der Waals surface area (Å²) in [6.07, 6.45) is 4.89. The molecule has 2 rings (SSSR count). The van der Waals surface area contributed by atoms with Gasteiger partial charge in [-0.1, -0.05) is 19.1 Å². The number of allylic oxidation sites excluding steroid dienone is 1. The molecule has 0 bridgehead atoms. The lowest BCUT2D eigenvalue weighted by atomic mass is 9.58. The highest BCUT2D eigenvalue weighted by Gasteiger charge is 2.52. The first kappa shape index (κ1) is 15.6. The van der Waals surface area contributed by atoms with Crippen molar-refractivity contribution in [1.29, 1.82) is 0 Å². The largest absolute Gasteiger partial charge is 0.466 e. The Kier molecular flexibility index (Phi) is 4.58. The summed E-state index contributed by atoms with van der Waals surface area (Å²) in [6, 6.07) is 0. The van der Waals surface area contributed by atoms with Crippen LogP contribution >= 0.6 is 0 Å². The Labute approximate surface area is 122 Å². The molecule has 1 N–H and O–H groups in total. The van der Waals surface area contributed by atoms with E-state index in [9.17, 15) is 9.90 Å². The molecule has 114 valence electrons. The fourth-order valence-corrected chi connectivity index (χ4v) is 4.50. The Morgan fingerprint density at radius 1 is 1.40 bits per heavy atom. The molecule has 2 aliphatic rings. The summed E-state index contributed by atoms with van der Waals surface area (Å²) in [7, 11) is 0. The van der Waals surface area contributed by atoms with Crippen molar-refractivity contribution in [3.63, 3.8) is 0 Å². The number of ether oxygens (including phenoxy) is 1. The highest BCUT2D eigenvalue weighted by atomic mass is 16.5. The molecule has 3 heteroatoms. The maximum atomic E-state index is 11.1. The zero-order chi connectivity index (χ0) is 14.9. The van der Waals surface area contributed by atoms with Crippen LogP contribution in [0.25, 0.3) is 0 Å². The van der Waals surface area contributed by atoms with Crippen molar-refractivity contribution in [2.24, 2.45) is 23.2 Å². The van der Waals surface area contributed by atoms with E-state index in [-0.39, 0.29) is 23.4 Å². The summed E-state index contributed by atoms with van der Waals surface area (Å²) in [4.78, 5) is 11.1. The summed E-state index contributed by atoms with van der Waals surface area (Å²) in [6.45, 7) is 10.4. The van der Waals surface area contributed by atoms with Crippen LogP contribution in [0.15, 0.2) is 12.2 Å². The van der Waals surface area contributed by atoms with Crippen LogP contribution in [0.5, 0.6) is 0 Å². The van der Waals surface area contributed by atoms with Crippen molar-refractivity contribution in [3.05, 3.63) is 12.2 Å². The number of esters is 1. The van der Waals surface area contributed by atoms with Crippen molar-refractivity contribution in [2.45, 2.75) is 59.0 Å². The van der Waals surface area contributed by atoms with Crippen molar-refractivity contribution in [2.75, 3.05) is 6.61 Å². The minimum Gasteiger partial charge on any atom is -0.466 e. The van der Waals surface area contributed by atoms with Crippen LogP contribution in [0.2, 0.25) is 0 Å². The van der Waals surface area contributed by atoms with E-state index in [1.807, 2.05) is 0 Å². The first-order valence-corrected chi connectivity index (χ1v) is 7.82. The molecule has 0 unspecified atom stereocenters. The second-order valence-electron chi connectivity index (χ2n) is 7.05. The summed E-state index contributed by atoms with van der Waals surface area (Å²) in [5, 5.41) is 10.1. The van der Waals surface area contributed by atoms with Gasteiger partial charge in [-0.05, 0) is 56.3 Å². The molecule has 0 radical (unpaired) electrons. The van der Waals surface area contributed by atoms with E-state index in [1.54, 1.807) is 0 Å². The smallest absolute Gasteiger partial charge is 0.302 e. The first-order chi connectivity index (χ1) is 9.35. The summed E-state index contributed by atoms with van der Waals surface area (Å²) in [5.74, 6) is 1.14. The van der Waals surface area contributed by atoms with Crippen LogP contribution < -0.4 is 0 Å². The first-order valence-electron chi connectivity index (χ1n) is 7.82. The third-order valence-corrected chi connectivity index (χ3v) is 5.75. The van der Waals surface area contributed by atoms with E-state index in [0.29, 0.717) is 18.4 Å².